The molecule has 564 valence electrons. The molecule has 12 aromatic heterocycles. The Kier molecular flexibility index (Phi) is 22.8. The van der Waals surface area contributed by atoms with Gasteiger partial charge >= 0.3 is 0 Å². The highest BCUT2D eigenvalue weighted by atomic mass is 15.3. The minimum atomic E-state index is 0.415. The zero-order valence-corrected chi connectivity index (χ0v) is 64.6. The van der Waals surface area contributed by atoms with Gasteiger partial charge in [0.25, 0.3) is 0 Å². The first-order chi connectivity index (χ1) is 53.1. The lowest BCUT2D eigenvalue weighted by Crippen LogP contribution is -2.21. The Morgan fingerprint density at radius 2 is 0.827 bits per heavy atom. The molecule has 0 atom stereocenters. The number of anilines is 4. The number of aromatic nitrogens is 12. The van der Waals surface area contributed by atoms with Gasteiger partial charge in [-0.1, -0.05) is 31.2 Å². The summed E-state index contributed by atoms with van der Waals surface area (Å²) in [4.78, 5) is 37.7. The molecule has 0 bridgehead atoms. The fraction of sp³-hybridized carbons (Fsp3) is 0.268. The van der Waals surface area contributed by atoms with Crippen LogP contribution in [0.4, 0.5) is 46.0 Å². The molecule has 0 spiro atoms. The molecule has 11 N–H and O–H groups in total. The van der Waals surface area contributed by atoms with Crippen LogP contribution in [0.1, 0.15) is 76.6 Å². The molecule has 16 rings (SSSR count). The third-order valence-corrected chi connectivity index (χ3v) is 19.2. The average Bonchev–Trinajstić information content (AvgIpc) is 1.60. The van der Waals surface area contributed by atoms with Crippen molar-refractivity contribution in [2.24, 2.45) is 27.0 Å². The standard InChI is InChI=1S/C23H29N7.2C20H23N7.C19H21N7/c1-6-16-13-17(20(24)19-14(2)15(3)26-21(16)19)27-22-18-9-7-8-11-30(18)28-23(22)25-10-12-29(4)5;1-25(2)13-10-22-20-19(17-6-4-5-11-27(17)24-20)23-15-7-8-16-14(18(15)21)9-12-26(16)3;1-13-12-15(17(21)14-7-8-22-18(13)14)24-19-16-6-4-5-10-27(16)25-20(19)23-9-11-26(2)3;1-25(2)12-10-22-19-18(16-5-3-4-11-26(16)24-19)23-15-7-6-14-13(17(15)20)8-9-21-14/h7-9,11,13,24,26H,6,10,12H2,1-5H3,(H,25,28);4-9,11-12,21H,10,13H2,1-3H3,(H,22,24);4-8,10,12,21-22H,9,11H2,1-3H3,(H,23,25);3-9,11,20-21H,10,12H2,1-2H3,(H,22,24). The van der Waals surface area contributed by atoms with Gasteiger partial charge in [0, 0.05) is 136 Å². The van der Waals surface area contributed by atoms with Gasteiger partial charge in [-0.15, -0.1) is 20.4 Å². The van der Waals surface area contributed by atoms with Crippen LogP contribution < -0.4 is 21.3 Å². The first-order valence-electron chi connectivity index (χ1n) is 36.7. The topological polar surface area (TPSA) is 327 Å². The molecule has 110 heavy (non-hydrogen) atoms. The molecular weight excluding hydrogens is 1380 g/mol. The number of pyridine rings is 4. The molecule has 0 aliphatic heterocycles. The molecule has 0 amide bonds. The Morgan fingerprint density at radius 3 is 1.27 bits per heavy atom. The van der Waals surface area contributed by atoms with E-state index in [-0.39, 0.29) is 0 Å². The van der Waals surface area contributed by atoms with Crippen LogP contribution in [0.3, 0.4) is 0 Å². The minimum Gasteiger partial charge on any atom is -0.365 e. The van der Waals surface area contributed by atoms with Gasteiger partial charge in [0.15, 0.2) is 23.3 Å². The second kappa shape index (κ2) is 33.2. The highest BCUT2D eigenvalue weighted by Crippen LogP contribution is 2.38. The quantitative estimate of drug-likeness (QED) is 0.0320. The summed E-state index contributed by atoms with van der Waals surface area (Å²) >= 11 is 0. The lowest BCUT2D eigenvalue weighted by Gasteiger charge is -2.16. The van der Waals surface area contributed by atoms with Crippen molar-refractivity contribution in [3.8, 4) is 0 Å². The lowest BCUT2D eigenvalue weighted by molar-refractivity contribution is 0.425. The number of allylic oxidation sites excluding steroid dienone is 6. The van der Waals surface area contributed by atoms with Crippen molar-refractivity contribution in [2.45, 2.75) is 34.1 Å². The summed E-state index contributed by atoms with van der Waals surface area (Å²) in [5.41, 5.74) is 23.1. The van der Waals surface area contributed by atoms with Gasteiger partial charge in [0.1, 0.15) is 22.7 Å². The minimum absolute atomic E-state index is 0.415. The number of aryl methyl sites for hydroxylation is 2. The van der Waals surface area contributed by atoms with E-state index < -0.39 is 0 Å². The van der Waals surface area contributed by atoms with E-state index in [0.717, 1.165) is 189 Å². The molecule has 0 radical (unpaired) electrons. The summed E-state index contributed by atoms with van der Waals surface area (Å²) in [5, 5.41) is 66.6. The van der Waals surface area contributed by atoms with Crippen molar-refractivity contribution in [2.75, 3.05) is 130 Å². The molecule has 28 heteroatoms. The average molecular weight is 1470 g/mol. The largest absolute Gasteiger partial charge is 0.365 e. The first kappa shape index (κ1) is 75.5. The number of aliphatic imine (C=N–C) groups is 4. The monoisotopic (exact) mass is 1470 g/mol. The maximum absolute atomic E-state index is 8.87. The van der Waals surface area contributed by atoms with Crippen molar-refractivity contribution in [1.29, 1.82) is 21.6 Å². The number of nitrogens with zero attached hydrogens (tertiary/aromatic N) is 17. The molecule has 12 heterocycles. The number of hydrogen-bond donors (Lipinski definition) is 11. The van der Waals surface area contributed by atoms with E-state index in [0.29, 0.717) is 45.7 Å². The summed E-state index contributed by atoms with van der Waals surface area (Å²) < 4.78 is 9.31. The molecule has 0 saturated heterocycles. The van der Waals surface area contributed by atoms with E-state index in [2.05, 4.69) is 97.0 Å². The van der Waals surface area contributed by atoms with Gasteiger partial charge in [-0.05, 0) is 203 Å². The van der Waals surface area contributed by atoms with Crippen molar-refractivity contribution >= 4 is 137 Å². The van der Waals surface area contributed by atoms with Gasteiger partial charge in [0.05, 0.1) is 84.8 Å². The zero-order chi connectivity index (χ0) is 77.4. The molecule has 4 aliphatic rings. The highest BCUT2D eigenvalue weighted by molar-refractivity contribution is 6.56. The van der Waals surface area contributed by atoms with Crippen molar-refractivity contribution < 1.29 is 0 Å². The van der Waals surface area contributed by atoms with Crippen LogP contribution in [0.15, 0.2) is 179 Å². The normalized spacial score (nSPS) is 15.2. The third kappa shape index (κ3) is 16.2. The summed E-state index contributed by atoms with van der Waals surface area (Å²) in [6, 6.07) is 29.5. The van der Waals surface area contributed by atoms with Gasteiger partial charge in [0.2, 0.25) is 0 Å². The summed E-state index contributed by atoms with van der Waals surface area (Å²) in [7, 11) is 18.3. The highest BCUT2D eigenvalue weighted by Gasteiger charge is 2.29. The van der Waals surface area contributed by atoms with Crippen LogP contribution in [0.25, 0.3) is 45.4 Å². The smallest absolute Gasteiger partial charge is 0.175 e. The van der Waals surface area contributed by atoms with Crippen molar-refractivity contribution in [3.05, 3.63) is 215 Å². The molecule has 0 fully saturated rings. The number of nitrogens with one attached hydrogen (secondary N) is 11. The van der Waals surface area contributed by atoms with Crippen molar-refractivity contribution in [1.82, 2.24) is 77.6 Å². The van der Waals surface area contributed by atoms with Gasteiger partial charge in [-0.25, -0.2) is 38.0 Å². The predicted octanol–water partition coefficient (Wildman–Crippen LogP) is 13.0. The van der Waals surface area contributed by atoms with Crippen LogP contribution in [-0.2, 0) is 7.05 Å². The molecule has 4 aliphatic carbocycles. The molecule has 28 nitrogen and oxygen atoms in total. The van der Waals surface area contributed by atoms with Crippen LogP contribution in [-0.4, -0.2) is 232 Å². The lowest BCUT2D eigenvalue weighted by atomic mass is 9.90. The fourth-order valence-corrected chi connectivity index (χ4v) is 13.1. The molecule has 0 unspecified atom stereocenters. The number of aromatic amines is 3. The molecule has 12 aromatic rings. The number of H-pyrrole nitrogens is 3. The number of likely N-dealkylation sites (N-methyl/N-ethyl adjacent to an activating group) is 4. The maximum atomic E-state index is 8.87. The Labute approximate surface area is 639 Å². The van der Waals surface area contributed by atoms with E-state index >= 15 is 0 Å². The Morgan fingerprint density at radius 1 is 0.427 bits per heavy atom. The Hall–Kier alpha value is -12.8. The fourth-order valence-electron chi connectivity index (χ4n) is 13.1. The first-order valence-corrected chi connectivity index (χ1v) is 36.7. The van der Waals surface area contributed by atoms with Crippen LogP contribution in [0.5, 0.6) is 0 Å². The third-order valence-electron chi connectivity index (χ3n) is 19.2. The van der Waals surface area contributed by atoms with Crippen LogP contribution in [0.2, 0.25) is 0 Å². The molecular formula is C82H96N28. The number of rotatable bonds is 21. The van der Waals surface area contributed by atoms with Gasteiger partial charge in [-0.2, -0.15) is 0 Å². The SMILES string of the molecule is CC1=CC(=Nc2c(NCCN(C)C)nn3ccccc23)C(=N)c2cc[nH]c21.CCC1=CC(=Nc2c(NCCN(C)C)nn3ccccc23)C(=N)c2c1[nH]c(C)c2C.CN(C)CCNc1nn2ccccc2c1N=C1C=Cc2[nH]ccc2C1=N.CN(C)CCNc1nn2ccccc2c1N=C1C=Cc2c(ccn2C)C1=N. The number of hydrogen-bond acceptors (Lipinski definition) is 20. The Bertz CT molecular complexity index is 5720. The maximum Gasteiger partial charge on any atom is 0.175 e. The van der Waals surface area contributed by atoms with Gasteiger partial charge in [-0.3, -0.25) is 21.6 Å². The van der Waals surface area contributed by atoms with E-state index in [1.165, 1.54) is 5.57 Å². The second-order valence-corrected chi connectivity index (χ2v) is 28.3. The van der Waals surface area contributed by atoms with E-state index in [1.54, 1.807) is 0 Å². The number of fused-ring (bicyclic) bond motifs is 8. The van der Waals surface area contributed by atoms with E-state index in [9.17, 15) is 0 Å². The van der Waals surface area contributed by atoms with Crippen LogP contribution in [0, 0.1) is 35.5 Å². The predicted molar refractivity (Wildman–Crippen MR) is 452 cm³/mol. The zero-order valence-electron chi connectivity index (χ0n) is 64.6. The van der Waals surface area contributed by atoms with Gasteiger partial charge < -0.3 is 60.4 Å². The summed E-state index contributed by atoms with van der Waals surface area (Å²) in [6.45, 7) is 14.9. The molecule has 0 saturated carbocycles. The summed E-state index contributed by atoms with van der Waals surface area (Å²) in [5.74, 6) is 2.93. The van der Waals surface area contributed by atoms with E-state index in [4.69, 9.17) is 41.6 Å². The van der Waals surface area contributed by atoms with Crippen molar-refractivity contribution in [3.63, 3.8) is 0 Å². The van der Waals surface area contributed by atoms with E-state index in [1.807, 2.05) is 264 Å². The van der Waals surface area contributed by atoms with Crippen LogP contribution >= 0.6 is 0 Å². The second-order valence-electron chi connectivity index (χ2n) is 28.3. The summed E-state index contributed by atoms with van der Waals surface area (Å²) in [6.07, 6.45) is 25.9. The Balaban J connectivity index is 0.000000129. The molecule has 0 aromatic carbocycles.